The van der Waals surface area contributed by atoms with Crippen molar-refractivity contribution in [2.75, 3.05) is 41.3 Å². The van der Waals surface area contributed by atoms with Gasteiger partial charge in [0.15, 0.2) is 0 Å². The lowest BCUT2D eigenvalue weighted by molar-refractivity contribution is -0.166. The summed E-state index contributed by atoms with van der Waals surface area (Å²) < 4.78 is 36.3. The Morgan fingerprint density at radius 3 is 1.13 bits per heavy atom. The molecule has 6 aromatic rings. The number of rotatable bonds is 21. The third-order valence-electron chi connectivity index (χ3n) is 12.4. The highest BCUT2D eigenvalue weighted by atomic mass is 19.1. The van der Waals surface area contributed by atoms with Gasteiger partial charge in [-0.05, 0) is 187 Å². The summed E-state index contributed by atoms with van der Waals surface area (Å²) in [6, 6.07) is 37.4. The molecule has 0 aromatic heterocycles. The van der Waals surface area contributed by atoms with Crippen molar-refractivity contribution in [3.05, 3.63) is 212 Å². The number of halogens is 2. The van der Waals surface area contributed by atoms with E-state index in [1.54, 1.807) is 98.8 Å². The Morgan fingerprint density at radius 2 is 0.859 bits per heavy atom. The van der Waals surface area contributed by atoms with Gasteiger partial charge in [0.05, 0.1) is 47.6 Å². The second-order valence-electron chi connectivity index (χ2n) is 18.9. The molecule has 18 heteroatoms. The van der Waals surface area contributed by atoms with Gasteiger partial charge in [0.2, 0.25) is 12.2 Å². The molecular weight excluding hydrogens is 1010 g/mol. The van der Waals surface area contributed by atoms with Crippen LogP contribution in [0.3, 0.4) is 0 Å². The number of carbonyl (C=O) groups is 4. The molecule has 6 N–H and O–H groups in total. The Hall–Kier alpha value is -8.20. The average molecular weight is 1070 g/mol. The highest BCUT2D eigenvalue weighted by Crippen LogP contribution is 2.38. The molecule has 0 amide bonds. The molecule has 4 atom stereocenters. The molecule has 0 saturated carbocycles. The lowest BCUT2D eigenvalue weighted by Crippen LogP contribution is -2.45. The maximum atomic E-state index is 13.3. The Morgan fingerprint density at radius 1 is 0.538 bits per heavy atom. The summed E-state index contributed by atoms with van der Waals surface area (Å²) >= 11 is 0. The number of carboxylic acids is 2. The van der Waals surface area contributed by atoms with E-state index in [1.165, 1.54) is 48.5 Å². The molecule has 6 aromatic carbocycles. The van der Waals surface area contributed by atoms with Gasteiger partial charge in [0.1, 0.15) is 22.8 Å². The lowest BCUT2D eigenvalue weighted by Gasteiger charge is -2.32. The van der Waals surface area contributed by atoms with Crippen molar-refractivity contribution in [1.82, 2.24) is 9.80 Å². The molecule has 0 bridgehead atoms. The van der Waals surface area contributed by atoms with E-state index < -0.39 is 47.3 Å². The van der Waals surface area contributed by atoms with Crippen molar-refractivity contribution in [3.8, 4) is 12.1 Å². The third kappa shape index (κ3) is 17.4. The summed E-state index contributed by atoms with van der Waals surface area (Å²) in [4.78, 5) is 51.4. The van der Waals surface area contributed by atoms with E-state index >= 15 is 0 Å². The largest absolute Gasteiger partial charge is 0.478 e. The molecule has 0 spiro atoms. The molecule has 0 aliphatic carbocycles. The minimum atomic E-state index is -2.22. The molecule has 0 unspecified atom stereocenters. The van der Waals surface area contributed by atoms with E-state index in [1.807, 2.05) is 50.1 Å². The predicted octanol–water partition coefficient (Wildman–Crippen LogP) is 7.76. The van der Waals surface area contributed by atoms with E-state index in [9.17, 15) is 58.6 Å². The fourth-order valence-electron chi connectivity index (χ4n) is 8.25. The zero-order chi connectivity index (χ0) is 57.7. The predicted molar refractivity (Wildman–Crippen MR) is 285 cm³/mol. The third-order valence-corrected chi connectivity index (χ3v) is 12.4. The van der Waals surface area contributed by atoms with Crippen molar-refractivity contribution in [3.63, 3.8) is 0 Å². The number of aliphatic hydroxyl groups excluding tert-OH is 2. The van der Waals surface area contributed by atoms with Crippen molar-refractivity contribution >= 4 is 23.9 Å². The molecule has 0 aliphatic rings. The van der Waals surface area contributed by atoms with E-state index in [2.05, 4.69) is 0 Å². The van der Waals surface area contributed by atoms with E-state index in [0.29, 0.717) is 70.2 Å². The summed E-state index contributed by atoms with van der Waals surface area (Å²) in [7, 11) is 7.82. The van der Waals surface area contributed by atoms with E-state index in [4.69, 9.17) is 20.0 Å². The summed E-state index contributed by atoms with van der Waals surface area (Å²) in [6.07, 6.45) is -2.19. The molecular formula is C60H64F2N4O12. The molecule has 0 saturated heterocycles. The number of carboxylic acid groups (broad SMARTS) is 2. The van der Waals surface area contributed by atoms with Crippen LogP contribution in [0.15, 0.2) is 133 Å². The second-order valence-corrected chi connectivity index (χ2v) is 18.9. The first-order valence-corrected chi connectivity index (χ1v) is 24.6. The van der Waals surface area contributed by atoms with Crippen LogP contribution in [-0.4, -0.2) is 118 Å². The van der Waals surface area contributed by atoms with Crippen molar-refractivity contribution in [1.29, 1.82) is 10.5 Å². The SMILES string of the molecule is CN(C)CCC[C@](O)(c1ccc(F)cc1)c1ccc(C#N)cc1CO.CN(C)CCC[C@](O)(c1ccc(F)cc1)c1ccc(C#N)cc1CO.Cc1ccc(C(=O)O[C@H](C(=O)O)[C@H](OC(=O)c2ccc(C)cc2)C(=O)O)cc1. The average Bonchev–Trinajstić information content (AvgIpc) is 3.47. The van der Waals surface area contributed by atoms with Crippen LogP contribution in [0.5, 0.6) is 0 Å². The maximum Gasteiger partial charge on any atom is 0.349 e. The van der Waals surface area contributed by atoms with Gasteiger partial charge in [-0.2, -0.15) is 10.5 Å². The van der Waals surface area contributed by atoms with Crippen LogP contribution in [0.2, 0.25) is 0 Å². The Bertz CT molecular complexity index is 2840. The van der Waals surface area contributed by atoms with Crippen molar-refractivity contribution in [2.45, 2.75) is 76.2 Å². The number of aryl methyl sites for hydroxylation is 2. The van der Waals surface area contributed by atoms with E-state index in [-0.39, 0.29) is 36.0 Å². The zero-order valence-electron chi connectivity index (χ0n) is 44.2. The van der Waals surface area contributed by atoms with Crippen LogP contribution in [-0.2, 0) is 43.5 Å². The number of aliphatic carboxylic acids is 2. The summed E-state index contributed by atoms with van der Waals surface area (Å²) in [5.41, 5.74) is 3.10. The first kappa shape index (κ1) is 62.3. The summed E-state index contributed by atoms with van der Waals surface area (Å²) in [5.74, 6) is -6.37. The van der Waals surface area contributed by atoms with Gasteiger partial charge in [-0.3, -0.25) is 0 Å². The zero-order valence-corrected chi connectivity index (χ0v) is 44.2. The Balaban J connectivity index is 0.000000253. The molecule has 0 radical (unpaired) electrons. The van der Waals surface area contributed by atoms with Gasteiger partial charge in [-0.1, -0.05) is 71.8 Å². The van der Waals surface area contributed by atoms with Crippen LogP contribution in [0.4, 0.5) is 8.78 Å². The lowest BCUT2D eigenvalue weighted by atomic mass is 9.80. The monoisotopic (exact) mass is 1070 g/mol. The van der Waals surface area contributed by atoms with Gasteiger partial charge >= 0.3 is 23.9 Å². The van der Waals surface area contributed by atoms with Gasteiger partial charge in [0.25, 0.3) is 0 Å². The topological polar surface area (TPSA) is 262 Å². The quantitative estimate of drug-likeness (QED) is 0.0376. The smallest absolute Gasteiger partial charge is 0.349 e. The van der Waals surface area contributed by atoms with Crippen LogP contribution in [0.25, 0.3) is 0 Å². The minimum Gasteiger partial charge on any atom is -0.478 e. The number of carbonyl (C=O) groups excluding carboxylic acids is 2. The number of hydrogen-bond acceptors (Lipinski definition) is 14. The van der Waals surface area contributed by atoms with Crippen LogP contribution in [0, 0.1) is 48.1 Å². The van der Waals surface area contributed by atoms with Crippen LogP contribution < -0.4 is 0 Å². The standard InChI is InChI=1S/2C20H23FN2O2.C20H18O8/c2*1-23(2)11-3-10-20(25,17-5-7-18(21)8-6-17)19-9-4-15(13-22)12-16(19)14-24;1-11-3-7-13(8-4-11)19(25)27-15(17(21)22)16(18(23)24)28-20(26)14-9-5-12(2)6-10-14/h2*4-9,12,24-25H,3,10-11,14H2,1-2H3;3-10,15-16H,1-2H3,(H,21,22)(H,23,24)/t2*20-;15-,16-/m000/s1. The van der Waals surface area contributed by atoms with Gasteiger partial charge in [-0.25, -0.2) is 28.0 Å². The fraction of sp³-hybridized carbons (Fsp3) is 0.300. The molecule has 410 valence electrons. The minimum absolute atomic E-state index is 0.0332. The Labute approximate surface area is 452 Å². The second kappa shape index (κ2) is 29.4. The van der Waals surface area contributed by atoms with Crippen molar-refractivity contribution < 1.29 is 68.1 Å². The van der Waals surface area contributed by atoms with Crippen LogP contribution >= 0.6 is 0 Å². The Kier molecular flexibility index (Phi) is 23.5. The number of nitriles is 2. The number of hydrogen-bond donors (Lipinski definition) is 6. The number of benzene rings is 6. The molecule has 78 heavy (non-hydrogen) atoms. The molecule has 6 rings (SSSR count). The first-order valence-electron chi connectivity index (χ1n) is 24.6. The number of esters is 2. The maximum absolute atomic E-state index is 13.3. The molecule has 16 nitrogen and oxygen atoms in total. The molecule has 0 aliphatic heterocycles. The molecule has 0 fully saturated rings. The van der Waals surface area contributed by atoms with Crippen LogP contribution in [0.1, 0.15) is 102 Å². The highest BCUT2D eigenvalue weighted by Gasteiger charge is 2.41. The molecule has 0 heterocycles. The fourth-order valence-corrected chi connectivity index (χ4v) is 8.25. The summed E-state index contributed by atoms with van der Waals surface area (Å²) in [6.45, 7) is 4.58. The van der Waals surface area contributed by atoms with Gasteiger partial charge in [-0.15, -0.1) is 0 Å². The summed E-state index contributed by atoms with van der Waals surface area (Å²) in [5, 5.41) is 79.2. The first-order chi connectivity index (χ1) is 37.0. The van der Waals surface area contributed by atoms with Crippen molar-refractivity contribution in [2.24, 2.45) is 0 Å². The van der Waals surface area contributed by atoms with E-state index in [0.717, 1.165) is 24.2 Å². The number of ether oxygens (including phenoxy) is 2. The highest BCUT2D eigenvalue weighted by molar-refractivity contribution is 5.95. The number of aliphatic hydroxyl groups is 4. The normalized spacial score (nSPS) is 13.1. The van der Waals surface area contributed by atoms with Gasteiger partial charge < -0.3 is 49.9 Å². The van der Waals surface area contributed by atoms with Gasteiger partial charge in [0, 0.05) is 0 Å². The number of nitrogens with zero attached hydrogens (tertiary/aromatic N) is 4.